The van der Waals surface area contributed by atoms with E-state index in [0.29, 0.717) is 11.7 Å². The van der Waals surface area contributed by atoms with Gasteiger partial charge in [0, 0.05) is 11.2 Å². The van der Waals surface area contributed by atoms with E-state index in [9.17, 15) is 14.3 Å². The second-order valence-electron chi connectivity index (χ2n) is 10.8. The minimum atomic E-state index is -3.48. The highest BCUT2D eigenvalue weighted by atomic mass is 31.2. The highest BCUT2D eigenvalue weighted by Crippen LogP contribution is 2.57. The van der Waals surface area contributed by atoms with Crippen molar-refractivity contribution in [2.24, 2.45) is 17.8 Å². The molecule has 1 aliphatic rings. The molecule has 7 heteroatoms. The lowest BCUT2D eigenvalue weighted by Gasteiger charge is -2.43. The SMILES string of the molecule is CC1CC(CC(C)(C)NC(=O)OC(C)(C)C)CC(C)C1P(=O)(O)COc1ccccc1. The molecule has 0 aromatic heterocycles. The summed E-state index contributed by atoms with van der Waals surface area (Å²) in [6.07, 6.45) is 1.93. The van der Waals surface area contributed by atoms with Crippen LogP contribution in [0.25, 0.3) is 0 Å². The van der Waals surface area contributed by atoms with Crippen LogP contribution in [0, 0.1) is 17.8 Å². The van der Waals surface area contributed by atoms with Gasteiger partial charge in [-0.2, -0.15) is 0 Å². The quantitative estimate of drug-likeness (QED) is 0.492. The van der Waals surface area contributed by atoms with E-state index in [1.54, 1.807) is 12.1 Å². The van der Waals surface area contributed by atoms with Crippen molar-refractivity contribution in [3.8, 4) is 5.75 Å². The van der Waals surface area contributed by atoms with Gasteiger partial charge in [0.15, 0.2) is 6.35 Å². The summed E-state index contributed by atoms with van der Waals surface area (Å²) >= 11 is 0. The van der Waals surface area contributed by atoms with E-state index in [2.05, 4.69) is 19.2 Å². The molecule has 3 atom stereocenters. The largest absolute Gasteiger partial charge is 0.484 e. The minimum Gasteiger partial charge on any atom is -0.484 e. The fourth-order valence-corrected chi connectivity index (χ4v) is 7.41. The van der Waals surface area contributed by atoms with Crippen LogP contribution in [-0.2, 0) is 9.30 Å². The van der Waals surface area contributed by atoms with Crippen molar-refractivity contribution < 1.29 is 23.7 Å². The van der Waals surface area contributed by atoms with Gasteiger partial charge >= 0.3 is 6.09 Å². The molecule has 1 aromatic carbocycles. The number of para-hydroxylation sites is 1. The summed E-state index contributed by atoms with van der Waals surface area (Å²) in [4.78, 5) is 23.0. The Kier molecular flexibility index (Phi) is 8.27. The van der Waals surface area contributed by atoms with Crippen molar-refractivity contribution >= 4 is 13.5 Å². The Morgan fingerprint density at radius 1 is 1.10 bits per heavy atom. The van der Waals surface area contributed by atoms with Gasteiger partial charge in [0.05, 0.1) is 0 Å². The number of hydrogen-bond acceptors (Lipinski definition) is 4. The molecular weight excluding hydrogens is 413 g/mol. The zero-order valence-electron chi connectivity index (χ0n) is 20.1. The van der Waals surface area contributed by atoms with Crippen molar-refractivity contribution in [2.45, 2.75) is 84.5 Å². The maximum Gasteiger partial charge on any atom is 0.408 e. The number of rotatable bonds is 7. The van der Waals surface area contributed by atoms with Gasteiger partial charge in [-0.05, 0) is 83.8 Å². The van der Waals surface area contributed by atoms with Crippen molar-refractivity contribution in [2.75, 3.05) is 6.35 Å². The number of ether oxygens (including phenoxy) is 2. The third-order valence-electron chi connectivity index (χ3n) is 5.84. The summed E-state index contributed by atoms with van der Waals surface area (Å²) in [7, 11) is -3.48. The smallest absolute Gasteiger partial charge is 0.408 e. The maximum atomic E-state index is 13.2. The molecule has 31 heavy (non-hydrogen) atoms. The second kappa shape index (κ2) is 9.95. The number of carbonyl (C=O) groups is 1. The van der Waals surface area contributed by atoms with Gasteiger partial charge in [0.25, 0.3) is 0 Å². The molecule has 1 aliphatic carbocycles. The summed E-state index contributed by atoms with van der Waals surface area (Å²) < 4.78 is 24.2. The zero-order valence-corrected chi connectivity index (χ0v) is 20.9. The van der Waals surface area contributed by atoms with E-state index in [-0.39, 0.29) is 23.8 Å². The van der Waals surface area contributed by atoms with E-state index in [4.69, 9.17) is 9.47 Å². The van der Waals surface area contributed by atoms with Crippen molar-refractivity contribution in [1.82, 2.24) is 5.32 Å². The fraction of sp³-hybridized carbons (Fsp3) is 0.708. The molecule has 0 saturated heterocycles. The Morgan fingerprint density at radius 2 is 1.65 bits per heavy atom. The standard InChI is InChI=1S/C24H40NO5P/c1-17-13-19(15-24(6,7)25-22(26)30-23(3,4)5)14-18(2)21(17)31(27,28)16-29-20-11-9-8-10-12-20/h8-12,17-19,21H,13-16H2,1-7H3,(H,25,26)(H,27,28). The molecule has 6 nitrogen and oxygen atoms in total. The van der Waals surface area contributed by atoms with Gasteiger partial charge in [-0.25, -0.2) is 4.79 Å². The van der Waals surface area contributed by atoms with Gasteiger partial charge in [0.1, 0.15) is 11.4 Å². The molecule has 3 unspecified atom stereocenters. The maximum absolute atomic E-state index is 13.2. The molecule has 1 saturated carbocycles. The first kappa shape index (κ1) is 25.7. The molecule has 0 bridgehead atoms. The van der Waals surface area contributed by atoms with E-state index in [0.717, 1.165) is 19.3 Å². The zero-order chi connectivity index (χ0) is 23.4. The van der Waals surface area contributed by atoms with E-state index in [1.165, 1.54) is 0 Å². The Morgan fingerprint density at radius 3 is 2.16 bits per heavy atom. The first-order valence-corrected chi connectivity index (χ1v) is 13.1. The molecule has 0 aliphatic heterocycles. The third-order valence-corrected chi connectivity index (χ3v) is 8.29. The summed E-state index contributed by atoms with van der Waals surface area (Å²) in [6.45, 7) is 13.7. The van der Waals surface area contributed by atoms with Crippen LogP contribution in [0.4, 0.5) is 4.79 Å². The highest BCUT2D eigenvalue weighted by Gasteiger charge is 2.45. The van der Waals surface area contributed by atoms with E-state index >= 15 is 0 Å². The molecule has 1 amide bonds. The van der Waals surface area contributed by atoms with Crippen LogP contribution in [0.2, 0.25) is 0 Å². The number of alkyl carbamates (subject to hydrolysis) is 1. The Hall–Kier alpha value is -1.52. The molecule has 0 spiro atoms. The van der Waals surface area contributed by atoms with Gasteiger partial charge in [-0.3, -0.25) is 4.57 Å². The number of amides is 1. The van der Waals surface area contributed by atoms with Crippen LogP contribution in [0.15, 0.2) is 30.3 Å². The van der Waals surface area contributed by atoms with E-state index in [1.807, 2.05) is 52.8 Å². The lowest BCUT2D eigenvalue weighted by molar-refractivity contribution is 0.0448. The normalized spacial score (nSPS) is 26.6. The number of nitrogens with one attached hydrogen (secondary N) is 1. The van der Waals surface area contributed by atoms with Crippen molar-refractivity contribution in [1.29, 1.82) is 0 Å². The van der Waals surface area contributed by atoms with Crippen LogP contribution in [0.1, 0.15) is 67.7 Å². The van der Waals surface area contributed by atoms with Gasteiger partial charge in [-0.1, -0.05) is 32.0 Å². The topological polar surface area (TPSA) is 84.9 Å². The average Bonchev–Trinajstić information content (AvgIpc) is 2.57. The molecular formula is C24H40NO5P. The van der Waals surface area contributed by atoms with Crippen LogP contribution in [0.3, 0.4) is 0 Å². The lowest BCUT2D eigenvalue weighted by atomic mass is 9.72. The Labute approximate surface area is 187 Å². The predicted molar refractivity (Wildman–Crippen MR) is 125 cm³/mol. The second-order valence-corrected chi connectivity index (χ2v) is 13.2. The van der Waals surface area contributed by atoms with Crippen molar-refractivity contribution in [3.05, 3.63) is 30.3 Å². The fourth-order valence-electron chi connectivity index (χ4n) is 5.07. The average molecular weight is 454 g/mol. The monoisotopic (exact) mass is 453 g/mol. The van der Waals surface area contributed by atoms with Crippen LogP contribution in [-0.4, -0.2) is 34.1 Å². The molecule has 176 valence electrons. The summed E-state index contributed by atoms with van der Waals surface area (Å²) in [5.41, 5.74) is -1.24. The number of carbonyl (C=O) groups excluding carboxylic acids is 1. The van der Waals surface area contributed by atoms with Gasteiger partial charge in [-0.15, -0.1) is 0 Å². The van der Waals surface area contributed by atoms with Gasteiger partial charge in [0.2, 0.25) is 7.37 Å². The van der Waals surface area contributed by atoms with Crippen LogP contribution < -0.4 is 10.1 Å². The minimum absolute atomic E-state index is 0.0984. The molecule has 1 aromatic rings. The highest BCUT2D eigenvalue weighted by molar-refractivity contribution is 7.58. The first-order chi connectivity index (χ1) is 14.2. The predicted octanol–water partition coefficient (Wildman–Crippen LogP) is 6.04. The number of hydrogen-bond donors (Lipinski definition) is 2. The molecule has 1 fully saturated rings. The first-order valence-electron chi connectivity index (χ1n) is 11.2. The van der Waals surface area contributed by atoms with Gasteiger partial charge < -0.3 is 19.7 Å². The summed E-state index contributed by atoms with van der Waals surface area (Å²) in [5, 5.41) is 2.98. The molecule has 2 rings (SSSR count). The number of benzene rings is 1. The van der Waals surface area contributed by atoms with Crippen molar-refractivity contribution in [3.63, 3.8) is 0 Å². The third kappa shape index (κ3) is 8.16. The Bertz CT molecular complexity index is 762. The Balaban J connectivity index is 1.95. The lowest BCUT2D eigenvalue weighted by Crippen LogP contribution is -2.48. The van der Waals surface area contributed by atoms with Crippen LogP contribution >= 0.6 is 7.37 Å². The summed E-state index contributed by atoms with van der Waals surface area (Å²) in [5.74, 6) is 1.17. The van der Waals surface area contributed by atoms with Crippen LogP contribution in [0.5, 0.6) is 5.75 Å². The molecule has 0 radical (unpaired) electrons. The summed E-state index contributed by atoms with van der Waals surface area (Å²) in [6, 6.07) is 9.17. The van der Waals surface area contributed by atoms with E-state index < -0.39 is 24.6 Å². The molecule has 0 heterocycles. The molecule has 2 N–H and O–H groups in total.